The van der Waals surface area contributed by atoms with Crippen molar-refractivity contribution in [2.24, 2.45) is 0 Å². The molecule has 0 unspecified atom stereocenters. The second kappa shape index (κ2) is 9.01. The lowest BCUT2D eigenvalue weighted by Gasteiger charge is -2.27. The molecule has 0 aliphatic carbocycles. The zero-order valence-electron chi connectivity index (χ0n) is 16.5. The van der Waals surface area contributed by atoms with Gasteiger partial charge in [-0.3, -0.25) is 10.1 Å². The van der Waals surface area contributed by atoms with Crippen LogP contribution in [0.4, 0.5) is 10.1 Å². The first-order valence-corrected chi connectivity index (χ1v) is 12.1. The monoisotopic (exact) mass is 550 g/mol. The van der Waals surface area contributed by atoms with Crippen molar-refractivity contribution in [1.29, 1.82) is 5.26 Å². The average Bonchev–Trinajstić information content (AvgIpc) is 3.32. The van der Waals surface area contributed by atoms with Crippen molar-refractivity contribution in [3.8, 4) is 17.2 Å². The van der Waals surface area contributed by atoms with Crippen molar-refractivity contribution < 1.29 is 9.53 Å². The molecule has 0 spiro atoms. The molecule has 1 amide bonds. The number of anilines is 2. The lowest BCUT2D eigenvalue weighted by Crippen LogP contribution is -2.36. The average molecular weight is 550 g/mol. The number of ether oxygens (including phenoxy) is 1. The van der Waals surface area contributed by atoms with Crippen LogP contribution < -0.4 is 10.2 Å². The fourth-order valence-electron chi connectivity index (χ4n) is 3.32. The fourth-order valence-corrected chi connectivity index (χ4v) is 6.15. The maximum absolute atomic E-state index is 13.3. The Bertz CT molecular complexity index is 1140. The highest BCUT2D eigenvalue weighted by molar-refractivity contribution is 14.1. The van der Waals surface area contributed by atoms with Crippen LogP contribution in [0.15, 0.2) is 23.6 Å². The van der Waals surface area contributed by atoms with E-state index in [9.17, 15) is 10.1 Å². The molecule has 6 nitrogen and oxygen atoms in total. The first-order chi connectivity index (χ1) is 14.5. The molecule has 0 bridgehead atoms. The molecule has 0 radical (unpaired) electrons. The molecule has 9 heteroatoms. The van der Waals surface area contributed by atoms with Gasteiger partial charge in [0.25, 0.3) is 5.91 Å². The van der Waals surface area contributed by atoms with E-state index < -0.39 is 0 Å². The van der Waals surface area contributed by atoms with Crippen LogP contribution in [0.1, 0.15) is 26.5 Å². The number of rotatable bonds is 4. The normalized spacial score (nSPS) is 13.9. The third kappa shape index (κ3) is 4.23. The van der Waals surface area contributed by atoms with E-state index in [2.05, 4.69) is 49.9 Å². The van der Waals surface area contributed by atoms with E-state index in [1.165, 1.54) is 22.7 Å². The summed E-state index contributed by atoms with van der Waals surface area (Å²) in [5.41, 5.74) is 4.13. The van der Waals surface area contributed by atoms with Crippen molar-refractivity contribution >= 4 is 61.3 Å². The molecule has 3 heterocycles. The SMILES string of the molecule is Cc1ccc(-c2c(C(=O)Nc3nc(C)cs3)sc(N3CCOCC3)c2C#N)c(I)c1. The number of aromatic nitrogens is 1. The summed E-state index contributed by atoms with van der Waals surface area (Å²) in [5.74, 6) is -0.239. The van der Waals surface area contributed by atoms with Crippen molar-refractivity contribution in [2.45, 2.75) is 13.8 Å². The van der Waals surface area contributed by atoms with Gasteiger partial charge in [0.1, 0.15) is 15.9 Å². The number of hydrogen-bond acceptors (Lipinski definition) is 7. The summed E-state index contributed by atoms with van der Waals surface area (Å²) in [6.45, 7) is 6.54. The topological polar surface area (TPSA) is 78.2 Å². The molecule has 30 heavy (non-hydrogen) atoms. The highest BCUT2D eigenvalue weighted by Crippen LogP contribution is 2.44. The molecule has 1 aliphatic heterocycles. The number of benzene rings is 1. The summed E-state index contributed by atoms with van der Waals surface area (Å²) in [5, 5.41) is 16.3. The molecule has 0 saturated carbocycles. The number of nitriles is 1. The molecule has 2 aromatic heterocycles. The van der Waals surface area contributed by atoms with Crippen LogP contribution in [0.2, 0.25) is 0 Å². The number of halogens is 1. The van der Waals surface area contributed by atoms with Crippen LogP contribution in [0.3, 0.4) is 0 Å². The number of nitrogens with zero attached hydrogens (tertiary/aromatic N) is 3. The van der Waals surface area contributed by atoms with Crippen LogP contribution in [0, 0.1) is 28.7 Å². The Morgan fingerprint density at radius 2 is 2.10 bits per heavy atom. The van der Waals surface area contributed by atoms with E-state index in [0.29, 0.717) is 47.4 Å². The Balaban J connectivity index is 1.85. The van der Waals surface area contributed by atoms with Crippen LogP contribution in [-0.4, -0.2) is 37.2 Å². The number of aryl methyl sites for hydroxylation is 2. The second-order valence-corrected chi connectivity index (χ2v) is 9.95. The molecule has 1 fully saturated rings. The second-order valence-electron chi connectivity index (χ2n) is 6.93. The molecule has 1 saturated heterocycles. The number of thiazole rings is 1. The van der Waals surface area contributed by atoms with Crippen LogP contribution in [0.25, 0.3) is 11.1 Å². The third-order valence-corrected chi connectivity index (χ3v) is 7.76. The van der Waals surface area contributed by atoms with Gasteiger partial charge >= 0.3 is 0 Å². The van der Waals surface area contributed by atoms with Gasteiger partial charge in [-0.05, 0) is 48.1 Å². The highest BCUT2D eigenvalue weighted by Gasteiger charge is 2.29. The van der Waals surface area contributed by atoms with E-state index in [0.717, 1.165) is 25.4 Å². The van der Waals surface area contributed by atoms with Crippen LogP contribution in [0.5, 0.6) is 0 Å². The first-order valence-electron chi connectivity index (χ1n) is 9.37. The van der Waals surface area contributed by atoms with Gasteiger partial charge in [-0.25, -0.2) is 4.98 Å². The largest absolute Gasteiger partial charge is 0.378 e. The molecule has 0 atom stereocenters. The molecule has 3 aromatic rings. The van der Waals surface area contributed by atoms with E-state index >= 15 is 0 Å². The van der Waals surface area contributed by atoms with Crippen LogP contribution >= 0.6 is 45.3 Å². The predicted molar refractivity (Wildman–Crippen MR) is 130 cm³/mol. The van der Waals surface area contributed by atoms with Crippen molar-refractivity contribution in [1.82, 2.24) is 4.98 Å². The summed E-state index contributed by atoms with van der Waals surface area (Å²) in [4.78, 5) is 20.3. The van der Waals surface area contributed by atoms with Crippen molar-refractivity contribution in [3.05, 3.63) is 48.8 Å². The van der Waals surface area contributed by atoms with Gasteiger partial charge in [0, 0.05) is 27.6 Å². The van der Waals surface area contributed by atoms with Gasteiger partial charge in [-0.2, -0.15) is 5.26 Å². The predicted octanol–water partition coefficient (Wildman–Crippen LogP) is 5.05. The van der Waals surface area contributed by atoms with Gasteiger partial charge in [0.05, 0.1) is 24.5 Å². The van der Waals surface area contributed by atoms with E-state index in [1.54, 1.807) is 0 Å². The molecule has 1 aliphatic rings. The Hall–Kier alpha value is -2.00. The minimum Gasteiger partial charge on any atom is -0.378 e. The van der Waals surface area contributed by atoms with Crippen LogP contribution in [-0.2, 0) is 4.74 Å². The number of carbonyl (C=O) groups is 1. The molecular formula is C21H19IN4O2S2. The quantitative estimate of drug-likeness (QED) is 0.460. The first kappa shape index (κ1) is 21.2. The molecule has 154 valence electrons. The number of nitrogens with one attached hydrogen (secondary N) is 1. The van der Waals surface area contributed by atoms with Crippen molar-refractivity contribution in [2.75, 3.05) is 36.5 Å². The lowest BCUT2D eigenvalue weighted by molar-refractivity contribution is 0.103. The zero-order valence-corrected chi connectivity index (χ0v) is 20.3. The molecule has 1 aromatic carbocycles. The van der Waals surface area contributed by atoms with Gasteiger partial charge in [0.2, 0.25) is 0 Å². The summed E-state index contributed by atoms with van der Waals surface area (Å²) in [7, 11) is 0. The summed E-state index contributed by atoms with van der Waals surface area (Å²) >= 11 is 5.03. The van der Waals surface area contributed by atoms with Gasteiger partial charge in [-0.15, -0.1) is 22.7 Å². The zero-order chi connectivity index (χ0) is 21.3. The third-order valence-electron chi connectivity index (χ3n) is 4.74. The van der Waals surface area contributed by atoms with E-state index in [-0.39, 0.29) is 5.91 Å². The van der Waals surface area contributed by atoms with Crippen molar-refractivity contribution in [3.63, 3.8) is 0 Å². The Kier molecular flexibility index (Phi) is 6.38. The Morgan fingerprint density at radius 1 is 1.33 bits per heavy atom. The van der Waals surface area contributed by atoms with E-state index in [1.807, 2.05) is 31.4 Å². The lowest BCUT2D eigenvalue weighted by atomic mass is 10.00. The minimum atomic E-state index is -0.239. The molecule has 1 N–H and O–H groups in total. The number of hydrogen-bond donors (Lipinski definition) is 1. The molecular weight excluding hydrogens is 531 g/mol. The number of morpholine rings is 1. The van der Waals surface area contributed by atoms with Gasteiger partial charge in [0.15, 0.2) is 5.13 Å². The minimum absolute atomic E-state index is 0.239. The fraction of sp³-hybridized carbons (Fsp3) is 0.286. The smallest absolute Gasteiger partial charge is 0.268 e. The van der Waals surface area contributed by atoms with E-state index in [4.69, 9.17) is 4.74 Å². The Labute approximate surface area is 196 Å². The maximum Gasteiger partial charge on any atom is 0.268 e. The van der Waals surface area contributed by atoms with Gasteiger partial charge in [-0.1, -0.05) is 17.7 Å². The Morgan fingerprint density at radius 3 is 2.73 bits per heavy atom. The highest BCUT2D eigenvalue weighted by atomic mass is 127. The summed E-state index contributed by atoms with van der Waals surface area (Å²) < 4.78 is 6.48. The van der Waals surface area contributed by atoms with Gasteiger partial charge < -0.3 is 9.64 Å². The number of thiophene rings is 1. The standard InChI is InChI=1S/C21H19IN4O2S2/c1-12-3-4-14(16(22)9-12)17-15(10-23)20(26-5-7-28-8-6-26)30-18(17)19(27)25-21-24-13(2)11-29-21/h3-4,9,11H,5-8H2,1-2H3,(H,24,25,27). The number of carbonyl (C=O) groups excluding carboxylic acids is 1. The summed E-state index contributed by atoms with van der Waals surface area (Å²) in [6.07, 6.45) is 0. The summed E-state index contributed by atoms with van der Waals surface area (Å²) in [6, 6.07) is 8.45. The maximum atomic E-state index is 13.3. The number of amides is 1. The molecule has 4 rings (SSSR count).